The lowest BCUT2D eigenvalue weighted by molar-refractivity contribution is 0.0525. The van der Waals surface area contributed by atoms with Crippen molar-refractivity contribution in [1.29, 1.82) is 5.26 Å². The van der Waals surface area contributed by atoms with Gasteiger partial charge < -0.3 is 4.74 Å². The molecule has 0 spiro atoms. The van der Waals surface area contributed by atoms with Crippen molar-refractivity contribution in [3.05, 3.63) is 34.4 Å². The number of halogens is 2. The van der Waals surface area contributed by atoms with Crippen molar-refractivity contribution in [1.82, 2.24) is 0 Å². The highest BCUT2D eigenvalue weighted by atomic mass is 19.3. The molecule has 0 atom stereocenters. The van der Waals surface area contributed by atoms with Crippen molar-refractivity contribution < 1.29 is 23.1 Å². The van der Waals surface area contributed by atoms with Gasteiger partial charge in [0.15, 0.2) is 6.29 Å². The fraction of sp³-hybridized carbons (Fsp3) is 0.250. The lowest BCUT2D eigenvalue weighted by atomic mass is 9.99. The molecule has 0 saturated heterocycles. The van der Waals surface area contributed by atoms with E-state index in [2.05, 4.69) is 4.74 Å². The summed E-state index contributed by atoms with van der Waals surface area (Å²) < 4.78 is 29.9. The zero-order valence-corrected chi connectivity index (χ0v) is 9.44. The Kier molecular flexibility index (Phi) is 4.49. The molecule has 0 bridgehead atoms. The number of carbonyl (C=O) groups is 2. The van der Waals surface area contributed by atoms with Gasteiger partial charge in [-0.15, -0.1) is 0 Å². The lowest BCUT2D eigenvalue weighted by Gasteiger charge is -2.08. The van der Waals surface area contributed by atoms with E-state index in [9.17, 15) is 18.4 Å². The zero-order chi connectivity index (χ0) is 13.7. The molecule has 0 fully saturated rings. The Bertz CT molecular complexity index is 521. The van der Waals surface area contributed by atoms with Crippen molar-refractivity contribution in [3.63, 3.8) is 0 Å². The monoisotopic (exact) mass is 253 g/mol. The van der Waals surface area contributed by atoms with Gasteiger partial charge in [-0.1, -0.05) is 0 Å². The van der Waals surface area contributed by atoms with Crippen LogP contribution in [0.25, 0.3) is 0 Å². The number of rotatable bonds is 4. The van der Waals surface area contributed by atoms with Crippen molar-refractivity contribution in [2.75, 3.05) is 6.61 Å². The third kappa shape index (κ3) is 2.69. The van der Waals surface area contributed by atoms with Gasteiger partial charge in [0, 0.05) is 11.1 Å². The standard InChI is InChI=1S/C12H9F2NO3/c1-2-18-12(17)10-4-8(6-16)9(11(13)14)3-7(10)5-15/h3-4,6,11H,2H2,1H3. The zero-order valence-electron chi connectivity index (χ0n) is 9.44. The SMILES string of the molecule is CCOC(=O)c1cc(C=O)c(C(F)F)cc1C#N. The first-order chi connectivity index (χ1) is 8.54. The van der Waals surface area contributed by atoms with Crippen molar-refractivity contribution in [2.24, 2.45) is 0 Å². The summed E-state index contributed by atoms with van der Waals surface area (Å²) in [5.74, 6) is -0.821. The average Bonchev–Trinajstić information content (AvgIpc) is 2.37. The van der Waals surface area contributed by atoms with Crippen molar-refractivity contribution in [2.45, 2.75) is 13.3 Å². The van der Waals surface area contributed by atoms with Gasteiger partial charge in [0.1, 0.15) is 6.07 Å². The number of esters is 1. The minimum Gasteiger partial charge on any atom is -0.462 e. The number of carbonyl (C=O) groups excluding carboxylic acids is 2. The summed E-state index contributed by atoms with van der Waals surface area (Å²) in [6.45, 7) is 1.65. The summed E-state index contributed by atoms with van der Waals surface area (Å²) in [5.41, 5.74) is -1.33. The minimum atomic E-state index is -2.89. The molecule has 4 nitrogen and oxygen atoms in total. The van der Waals surface area contributed by atoms with Crippen LogP contribution < -0.4 is 0 Å². The molecular weight excluding hydrogens is 244 g/mol. The molecule has 0 N–H and O–H groups in total. The van der Waals surface area contributed by atoms with Crippen LogP contribution in [-0.2, 0) is 4.74 Å². The van der Waals surface area contributed by atoms with Gasteiger partial charge in [0.25, 0.3) is 6.43 Å². The van der Waals surface area contributed by atoms with Crippen LogP contribution in [0.2, 0.25) is 0 Å². The highest BCUT2D eigenvalue weighted by Crippen LogP contribution is 2.25. The molecule has 94 valence electrons. The molecule has 0 saturated carbocycles. The normalized spacial score (nSPS) is 9.94. The molecule has 0 unspecified atom stereocenters. The molecule has 0 aliphatic rings. The van der Waals surface area contributed by atoms with Crippen molar-refractivity contribution in [3.8, 4) is 6.07 Å². The Morgan fingerprint density at radius 2 is 2.22 bits per heavy atom. The number of nitriles is 1. The molecule has 0 aliphatic heterocycles. The second kappa shape index (κ2) is 5.87. The Balaban J connectivity index is 3.41. The molecular formula is C12H9F2NO3. The molecule has 0 aliphatic carbocycles. The van der Waals surface area contributed by atoms with Gasteiger partial charge in [0.2, 0.25) is 0 Å². The minimum absolute atomic E-state index is 0.0801. The maximum atomic E-state index is 12.6. The van der Waals surface area contributed by atoms with Gasteiger partial charge in [-0.2, -0.15) is 5.26 Å². The highest BCUT2D eigenvalue weighted by Gasteiger charge is 2.20. The molecule has 18 heavy (non-hydrogen) atoms. The van der Waals surface area contributed by atoms with E-state index < -0.39 is 18.0 Å². The predicted octanol–water partition coefficient (Wildman–Crippen LogP) is 2.49. The van der Waals surface area contributed by atoms with Crippen LogP contribution in [0.15, 0.2) is 12.1 Å². The Morgan fingerprint density at radius 3 is 2.67 bits per heavy atom. The third-order valence-corrected chi connectivity index (χ3v) is 2.20. The average molecular weight is 253 g/mol. The van der Waals surface area contributed by atoms with E-state index in [0.717, 1.165) is 12.1 Å². The maximum Gasteiger partial charge on any atom is 0.339 e. The van der Waals surface area contributed by atoms with Crippen LogP contribution in [0.4, 0.5) is 8.78 Å². The van der Waals surface area contributed by atoms with Gasteiger partial charge in [-0.05, 0) is 19.1 Å². The molecule has 1 aromatic rings. The number of alkyl halides is 2. The molecule has 1 rings (SSSR count). The van der Waals surface area contributed by atoms with E-state index in [-0.39, 0.29) is 29.6 Å². The highest BCUT2D eigenvalue weighted by molar-refractivity contribution is 5.95. The first-order valence-electron chi connectivity index (χ1n) is 5.03. The second-order valence-electron chi connectivity index (χ2n) is 3.28. The Hall–Kier alpha value is -2.29. The van der Waals surface area contributed by atoms with Crippen LogP contribution in [0.5, 0.6) is 0 Å². The largest absolute Gasteiger partial charge is 0.462 e. The summed E-state index contributed by atoms with van der Waals surface area (Å²) in [6, 6.07) is 3.41. The van der Waals surface area contributed by atoms with Gasteiger partial charge in [0.05, 0.1) is 17.7 Å². The number of hydrogen-bond acceptors (Lipinski definition) is 4. The summed E-state index contributed by atoms with van der Waals surface area (Å²) in [4.78, 5) is 22.2. The first kappa shape index (κ1) is 13.8. The molecule has 0 aromatic heterocycles. The van der Waals surface area contributed by atoms with Crippen LogP contribution in [-0.4, -0.2) is 18.9 Å². The van der Waals surface area contributed by atoms with E-state index >= 15 is 0 Å². The molecule has 0 amide bonds. The molecule has 1 aromatic carbocycles. The summed E-state index contributed by atoms with van der Waals surface area (Å²) in [6.07, 6.45) is -2.68. The fourth-order valence-corrected chi connectivity index (χ4v) is 1.39. The van der Waals surface area contributed by atoms with Gasteiger partial charge in [-0.3, -0.25) is 4.79 Å². The van der Waals surface area contributed by atoms with Crippen LogP contribution >= 0.6 is 0 Å². The Labute approximate surface area is 102 Å². The number of ether oxygens (including phenoxy) is 1. The lowest BCUT2D eigenvalue weighted by Crippen LogP contribution is -2.09. The molecule has 6 heteroatoms. The fourth-order valence-electron chi connectivity index (χ4n) is 1.39. The van der Waals surface area contributed by atoms with Gasteiger partial charge in [-0.25, -0.2) is 13.6 Å². The van der Waals surface area contributed by atoms with E-state index in [1.54, 1.807) is 13.0 Å². The van der Waals surface area contributed by atoms with E-state index in [1.807, 2.05) is 0 Å². The second-order valence-corrected chi connectivity index (χ2v) is 3.28. The van der Waals surface area contributed by atoms with Crippen LogP contribution in [0, 0.1) is 11.3 Å². The topological polar surface area (TPSA) is 67.2 Å². The van der Waals surface area contributed by atoms with E-state index in [4.69, 9.17) is 5.26 Å². The number of hydrogen-bond donors (Lipinski definition) is 0. The number of benzene rings is 1. The molecule has 0 heterocycles. The summed E-state index contributed by atoms with van der Waals surface area (Å²) >= 11 is 0. The summed E-state index contributed by atoms with van der Waals surface area (Å²) in [7, 11) is 0. The van der Waals surface area contributed by atoms with E-state index in [1.165, 1.54) is 0 Å². The van der Waals surface area contributed by atoms with E-state index in [0.29, 0.717) is 0 Å². The predicted molar refractivity (Wildman–Crippen MR) is 57.5 cm³/mol. The summed E-state index contributed by atoms with van der Waals surface area (Å²) in [5, 5.41) is 8.81. The van der Waals surface area contributed by atoms with Gasteiger partial charge >= 0.3 is 5.97 Å². The molecule has 0 radical (unpaired) electrons. The third-order valence-electron chi connectivity index (χ3n) is 2.20. The van der Waals surface area contributed by atoms with Crippen LogP contribution in [0.3, 0.4) is 0 Å². The Morgan fingerprint density at radius 1 is 1.56 bits per heavy atom. The van der Waals surface area contributed by atoms with Crippen molar-refractivity contribution >= 4 is 12.3 Å². The quantitative estimate of drug-likeness (QED) is 0.610. The smallest absolute Gasteiger partial charge is 0.339 e. The number of aldehydes is 1. The maximum absolute atomic E-state index is 12.6. The number of nitrogens with zero attached hydrogens (tertiary/aromatic N) is 1. The van der Waals surface area contributed by atoms with Crippen LogP contribution in [0.1, 0.15) is 45.2 Å². The first-order valence-corrected chi connectivity index (χ1v) is 5.03.